The lowest BCUT2D eigenvalue weighted by molar-refractivity contribution is -0.880. The van der Waals surface area contributed by atoms with Crippen molar-refractivity contribution in [2.45, 2.75) is 44.9 Å². The lowest BCUT2D eigenvalue weighted by atomic mass is 10.0. The molecule has 0 bridgehead atoms. The molecule has 0 aliphatic carbocycles. The van der Waals surface area contributed by atoms with Gasteiger partial charge in [-0.15, -0.1) is 0 Å². The molecule has 0 saturated carbocycles. The van der Waals surface area contributed by atoms with E-state index < -0.39 is 0 Å². The van der Waals surface area contributed by atoms with Crippen molar-refractivity contribution in [1.29, 1.82) is 0 Å². The molecular weight excluding hydrogens is 286 g/mol. The molecular formula is C17H30ClNO2. The molecule has 0 radical (unpaired) electrons. The number of benzene rings is 1. The Morgan fingerprint density at radius 2 is 1.67 bits per heavy atom. The Morgan fingerprint density at radius 3 is 2.33 bits per heavy atom. The molecule has 0 amide bonds. The molecule has 122 valence electrons. The first-order chi connectivity index (χ1) is 9.68. The number of ether oxygens (including phenoxy) is 1. The number of unbranched alkanes of at least 4 members (excludes halogenated alkanes) is 5. The van der Waals surface area contributed by atoms with Gasteiger partial charge in [0, 0.05) is 0 Å². The van der Waals surface area contributed by atoms with Gasteiger partial charge in [-0.3, -0.25) is 0 Å². The van der Waals surface area contributed by atoms with Crippen LogP contribution in [-0.4, -0.2) is 32.5 Å². The van der Waals surface area contributed by atoms with E-state index in [4.69, 9.17) is 4.74 Å². The third-order valence-electron chi connectivity index (χ3n) is 3.31. The number of phenolic OH excluding ortho intramolecular Hbond substituents is 1. The molecule has 0 unspecified atom stereocenters. The van der Waals surface area contributed by atoms with Crippen LogP contribution in [0.5, 0.6) is 5.75 Å². The second-order valence-corrected chi connectivity index (χ2v) is 5.80. The first-order valence-electron chi connectivity index (χ1n) is 7.83. The number of quaternary nitrogens is 1. The highest BCUT2D eigenvalue weighted by molar-refractivity contribution is 5.27. The van der Waals surface area contributed by atoms with Gasteiger partial charge in [0.05, 0.1) is 20.7 Å². The SMILES string of the molecule is C[NH+](C)COCCCCCCCCc1cccc(O)c1.[Cl-]. The first kappa shape index (κ1) is 20.2. The van der Waals surface area contributed by atoms with E-state index in [-0.39, 0.29) is 12.4 Å². The van der Waals surface area contributed by atoms with Crippen molar-refractivity contribution in [3.8, 4) is 5.75 Å². The Kier molecular flexibility index (Phi) is 12.5. The minimum Gasteiger partial charge on any atom is -1.00 e. The number of halogens is 1. The Hall–Kier alpha value is -0.770. The van der Waals surface area contributed by atoms with Gasteiger partial charge in [-0.2, -0.15) is 0 Å². The number of rotatable bonds is 11. The molecule has 0 spiro atoms. The fraction of sp³-hybridized carbons (Fsp3) is 0.647. The fourth-order valence-electron chi connectivity index (χ4n) is 2.23. The van der Waals surface area contributed by atoms with Gasteiger partial charge in [0.1, 0.15) is 5.75 Å². The quantitative estimate of drug-likeness (QED) is 0.422. The van der Waals surface area contributed by atoms with E-state index in [1.807, 2.05) is 12.1 Å². The minimum atomic E-state index is 0. The Bertz CT molecular complexity index is 358. The van der Waals surface area contributed by atoms with E-state index in [1.165, 1.54) is 49.0 Å². The van der Waals surface area contributed by atoms with Gasteiger partial charge < -0.3 is 27.2 Å². The standard InChI is InChI=1S/C17H29NO2.ClH/c1-18(2)15-20-13-8-6-4-3-5-7-10-16-11-9-12-17(19)14-16;/h9,11-12,14,19H,3-8,10,13,15H2,1-2H3;1H. The Balaban J connectivity index is 0.00000400. The highest BCUT2D eigenvalue weighted by atomic mass is 35.5. The number of aryl methyl sites for hydroxylation is 1. The average Bonchev–Trinajstić information content (AvgIpc) is 2.40. The molecule has 0 atom stereocenters. The maximum absolute atomic E-state index is 9.38. The molecule has 1 aromatic carbocycles. The van der Waals surface area contributed by atoms with Crippen LogP contribution in [0, 0.1) is 0 Å². The fourth-order valence-corrected chi connectivity index (χ4v) is 2.23. The molecule has 0 aliphatic rings. The van der Waals surface area contributed by atoms with Crippen LogP contribution in [0.3, 0.4) is 0 Å². The zero-order valence-corrected chi connectivity index (χ0v) is 14.2. The molecule has 0 saturated heterocycles. The van der Waals surface area contributed by atoms with Crippen LogP contribution in [-0.2, 0) is 11.2 Å². The summed E-state index contributed by atoms with van der Waals surface area (Å²) < 4.78 is 5.53. The summed E-state index contributed by atoms with van der Waals surface area (Å²) in [4.78, 5) is 1.34. The van der Waals surface area contributed by atoms with Gasteiger partial charge in [0.25, 0.3) is 0 Å². The zero-order valence-electron chi connectivity index (χ0n) is 13.4. The predicted molar refractivity (Wildman–Crippen MR) is 83.1 cm³/mol. The normalized spacial score (nSPS) is 10.6. The lowest BCUT2D eigenvalue weighted by Gasteiger charge is -2.07. The van der Waals surface area contributed by atoms with Gasteiger partial charge in [-0.25, -0.2) is 0 Å². The second kappa shape index (κ2) is 12.9. The van der Waals surface area contributed by atoms with Gasteiger partial charge >= 0.3 is 0 Å². The molecule has 4 heteroatoms. The second-order valence-electron chi connectivity index (χ2n) is 5.80. The Morgan fingerprint density at radius 1 is 1.00 bits per heavy atom. The summed E-state index contributed by atoms with van der Waals surface area (Å²) in [6, 6.07) is 7.59. The number of hydrogen-bond donors (Lipinski definition) is 2. The topological polar surface area (TPSA) is 33.9 Å². The smallest absolute Gasteiger partial charge is 0.181 e. The van der Waals surface area contributed by atoms with Crippen LogP contribution in [0.15, 0.2) is 24.3 Å². The molecule has 1 rings (SSSR count). The first-order valence-corrected chi connectivity index (χ1v) is 7.83. The monoisotopic (exact) mass is 315 g/mol. The minimum absolute atomic E-state index is 0. The van der Waals surface area contributed by atoms with Crippen molar-refractivity contribution in [3.05, 3.63) is 29.8 Å². The van der Waals surface area contributed by atoms with Crippen molar-refractivity contribution in [1.82, 2.24) is 0 Å². The molecule has 1 aromatic rings. The highest BCUT2D eigenvalue weighted by Crippen LogP contribution is 2.14. The highest BCUT2D eigenvalue weighted by Gasteiger charge is 1.97. The van der Waals surface area contributed by atoms with E-state index in [2.05, 4.69) is 20.2 Å². The summed E-state index contributed by atoms with van der Waals surface area (Å²) in [6.45, 7) is 1.71. The maximum atomic E-state index is 9.38. The summed E-state index contributed by atoms with van der Waals surface area (Å²) in [5.41, 5.74) is 1.24. The van der Waals surface area contributed by atoms with Crippen molar-refractivity contribution in [3.63, 3.8) is 0 Å². The average molecular weight is 316 g/mol. The summed E-state index contributed by atoms with van der Waals surface area (Å²) in [6.07, 6.45) is 8.62. The number of hydrogen-bond acceptors (Lipinski definition) is 2. The molecule has 21 heavy (non-hydrogen) atoms. The summed E-state index contributed by atoms with van der Waals surface area (Å²) >= 11 is 0. The lowest BCUT2D eigenvalue weighted by Crippen LogP contribution is -3.06. The maximum Gasteiger partial charge on any atom is 0.181 e. The van der Waals surface area contributed by atoms with Crippen molar-refractivity contribution >= 4 is 0 Å². The van der Waals surface area contributed by atoms with Crippen LogP contribution in [0.4, 0.5) is 0 Å². The van der Waals surface area contributed by atoms with Crippen LogP contribution < -0.4 is 17.3 Å². The van der Waals surface area contributed by atoms with E-state index >= 15 is 0 Å². The molecule has 0 aromatic heterocycles. The number of phenols is 1. The predicted octanol–water partition coefficient (Wildman–Crippen LogP) is -0.602. The molecule has 0 aliphatic heterocycles. The van der Waals surface area contributed by atoms with E-state index in [1.54, 1.807) is 6.07 Å². The summed E-state index contributed by atoms with van der Waals surface area (Å²) in [5, 5.41) is 9.38. The summed E-state index contributed by atoms with van der Waals surface area (Å²) in [7, 11) is 4.21. The van der Waals surface area contributed by atoms with E-state index in [0.717, 1.165) is 19.8 Å². The van der Waals surface area contributed by atoms with Crippen LogP contribution in [0.25, 0.3) is 0 Å². The molecule has 2 N–H and O–H groups in total. The third kappa shape index (κ3) is 11.6. The van der Waals surface area contributed by atoms with E-state index in [9.17, 15) is 5.11 Å². The van der Waals surface area contributed by atoms with Crippen molar-refractivity contribution in [2.75, 3.05) is 27.4 Å². The molecule has 3 nitrogen and oxygen atoms in total. The van der Waals surface area contributed by atoms with Gasteiger partial charge in [0.2, 0.25) is 0 Å². The van der Waals surface area contributed by atoms with Gasteiger partial charge in [-0.1, -0.05) is 37.8 Å². The van der Waals surface area contributed by atoms with Crippen LogP contribution in [0.1, 0.15) is 44.1 Å². The molecule has 0 fully saturated rings. The number of aromatic hydroxyl groups is 1. The van der Waals surface area contributed by atoms with Gasteiger partial charge in [0.15, 0.2) is 6.73 Å². The zero-order chi connectivity index (χ0) is 14.6. The van der Waals surface area contributed by atoms with E-state index in [0.29, 0.717) is 5.75 Å². The van der Waals surface area contributed by atoms with Crippen molar-refractivity contribution < 1.29 is 27.2 Å². The van der Waals surface area contributed by atoms with Crippen LogP contribution in [0.2, 0.25) is 0 Å². The van der Waals surface area contributed by atoms with Crippen LogP contribution >= 0.6 is 0 Å². The van der Waals surface area contributed by atoms with Crippen molar-refractivity contribution in [2.24, 2.45) is 0 Å². The van der Waals surface area contributed by atoms with Gasteiger partial charge in [-0.05, 0) is 37.0 Å². The Labute approximate surface area is 135 Å². The third-order valence-corrected chi connectivity index (χ3v) is 3.31. The summed E-state index contributed by atoms with van der Waals surface area (Å²) in [5.74, 6) is 0.377. The molecule has 0 heterocycles. The number of nitrogens with one attached hydrogen (secondary N) is 1. The largest absolute Gasteiger partial charge is 1.00 e.